The van der Waals surface area contributed by atoms with Gasteiger partial charge in [-0.05, 0) is 49.7 Å². The van der Waals surface area contributed by atoms with Crippen LogP contribution in [0.2, 0.25) is 0 Å². The summed E-state index contributed by atoms with van der Waals surface area (Å²) in [5.74, 6) is 0.928. The quantitative estimate of drug-likeness (QED) is 0.670. The molecule has 6 nitrogen and oxygen atoms in total. The van der Waals surface area contributed by atoms with Crippen molar-refractivity contribution in [3.05, 3.63) is 42.0 Å². The number of nitrogens with one attached hydrogen (secondary N) is 2. The molecule has 1 fully saturated rings. The van der Waals surface area contributed by atoms with Gasteiger partial charge in [-0.1, -0.05) is 29.5 Å². The van der Waals surface area contributed by atoms with Crippen LogP contribution in [0.1, 0.15) is 18.4 Å². The number of hydrogen-bond acceptors (Lipinski definition) is 7. The van der Waals surface area contributed by atoms with Gasteiger partial charge >= 0.3 is 0 Å². The minimum atomic E-state index is 0.562. The van der Waals surface area contributed by atoms with Crippen LogP contribution in [-0.4, -0.2) is 48.4 Å². The second-order valence-electron chi connectivity index (χ2n) is 5.96. The van der Waals surface area contributed by atoms with Crippen molar-refractivity contribution < 1.29 is 4.74 Å². The molecular weight excluding hydrogens is 334 g/mol. The number of hydrogen-bond donors (Lipinski definition) is 2. The van der Waals surface area contributed by atoms with Gasteiger partial charge in [0.05, 0.1) is 0 Å². The highest BCUT2D eigenvalue weighted by molar-refractivity contribution is 7.19. The van der Waals surface area contributed by atoms with Gasteiger partial charge in [0.25, 0.3) is 0 Å². The highest BCUT2D eigenvalue weighted by atomic mass is 32.1. The molecule has 7 heteroatoms. The van der Waals surface area contributed by atoms with Gasteiger partial charge < -0.3 is 15.4 Å². The third kappa shape index (κ3) is 5.72. The Hall–Kier alpha value is -2.12. The normalized spacial score (nSPS) is 14.9. The standard InChI is InChI=1S/C18H25N5OS/c1-19-17-21-22-18(25-17)20-9-2-5-12-24-16-8-6-7-15(13-16)14-23-10-3-4-11-23/h2,5-8,13H,3-4,9-12,14H2,1H3,(H,19,21)(H,20,22)/b5-2-. The summed E-state index contributed by atoms with van der Waals surface area (Å²) < 4.78 is 5.82. The summed E-state index contributed by atoms with van der Waals surface area (Å²) in [5, 5.41) is 15.8. The first-order chi connectivity index (χ1) is 12.3. The maximum atomic E-state index is 5.82. The monoisotopic (exact) mass is 359 g/mol. The molecule has 0 aliphatic carbocycles. The van der Waals surface area contributed by atoms with Gasteiger partial charge in [-0.3, -0.25) is 4.90 Å². The minimum absolute atomic E-state index is 0.562. The maximum Gasteiger partial charge on any atom is 0.207 e. The first-order valence-corrected chi connectivity index (χ1v) is 9.49. The summed E-state index contributed by atoms with van der Waals surface area (Å²) in [4.78, 5) is 2.50. The smallest absolute Gasteiger partial charge is 0.207 e. The zero-order chi connectivity index (χ0) is 17.3. The van der Waals surface area contributed by atoms with E-state index in [1.54, 1.807) is 0 Å². The van der Waals surface area contributed by atoms with E-state index in [0.29, 0.717) is 13.2 Å². The highest BCUT2D eigenvalue weighted by Crippen LogP contribution is 2.19. The molecule has 1 saturated heterocycles. The third-order valence-electron chi connectivity index (χ3n) is 4.03. The van der Waals surface area contributed by atoms with Gasteiger partial charge in [0.1, 0.15) is 12.4 Å². The molecule has 0 bridgehead atoms. The van der Waals surface area contributed by atoms with Crippen molar-refractivity contribution in [2.45, 2.75) is 19.4 Å². The van der Waals surface area contributed by atoms with Crippen molar-refractivity contribution in [2.24, 2.45) is 0 Å². The van der Waals surface area contributed by atoms with Gasteiger partial charge in [-0.2, -0.15) is 0 Å². The number of likely N-dealkylation sites (tertiary alicyclic amines) is 1. The van der Waals surface area contributed by atoms with Gasteiger partial charge in [0, 0.05) is 20.1 Å². The molecule has 0 unspecified atom stereocenters. The predicted octanol–water partition coefficient (Wildman–Crippen LogP) is 3.22. The van der Waals surface area contributed by atoms with Crippen LogP contribution in [0.3, 0.4) is 0 Å². The molecule has 0 radical (unpaired) electrons. The Morgan fingerprint density at radius 3 is 2.84 bits per heavy atom. The number of rotatable bonds is 9. The van der Waals surface area contributed by atoms with E-state index in [9.17, 15) is 0 Å². The molecule has 1 aliphatic heterocycles. The Morgan fingerprint density at radius 1 is 1.20 bits per heavy atom. The zero-order valence-electron chi connectivity index (χ0n) is 14.6. The molecule has 2 aromatic rings. The van der Waals surface area contributed by atoms with E-state index in [2.05, 4.69) is 43.9 Å². The SMILES string of the molecule is CNc1nnc(NC/C=C\COc2cccc(CN3CCCC3)c2)s1. The first-order valence-electron chi connectivity index (χ1n) is 8.68. The first kappa shape index (κ1) is 17.7. The fourth-order valence-electron chi connectivity index (χ4n) is 2.77. The summed E-state index contributed by atoms with van der Waals surface area (Å²) >= 11 is 1.49. The molecule has 1 aliphatic rings. The lowest BCUT2D eigenvalue weighted by atomic mass is 10.2. The predicted molar refractivity (Wildman–Crippen MR) is 104 cm³/mol. The lowest BCUT2D eigenvalue weighted by molar-refractivity contribution is 0.328. The molecular formula is C18H25N5OS. The molecule has 25 heavy (non-hydrogen) atoms. The van der Waals surface area contributed by atoms with E-state index in [4.69, 9.17) is 4.74 Å². The second-order valence-corrected chi connectivity index (χ2v) is 6.93. The fraction of sp³-hybridized carbons (Fsp3) is 0.444. The van der Waals surface area contributed by atoms with Gasteiger partial charge in [-0.25, -0.2) is 0 Å². The van der Waals surface area contributed by atoms with Crippen molar-refractivity contribution in [1.29, 1.82) is 0 Å². The molecule has 2 N–H and O–H groups in total. The van der Waals surface area contributed by atoms with E-state index in [0.717, 1.165) is 22.6 Å². The zero-order valence-corrected chi connectivity index (χ0v) is 15.4. The van der Waals surface area contributed by atoms with E-state index in [-0.39, 0.29) is 0 Å². The van der Waals surface area contributed by atoms with Gasteiger partial charge in [0.2, 0.25) is 10.3 Å². The van der Waals surface area contributed by atoms with Crippen LogP contribution < -0.4 is 15.4 Å². The Morgan fingerprint density at radius 2 is 2.04 bits per heavy atom. The molecule has 3 rings (SSSR count). The number of ether oxygens (including phenoxy) is 1. The molecule has 2 heterocycles. The van der Waals surface area contributed by atoms with Crippen molar-refractivity contribution in [3.63, 3.8) is 0 Å². The van der Waals surface area contributed by atoms with Crippen LogP contribution in [0.15, 0.2) is 36.4 Å². The summed E-state index contributed by atoms with van der Waals surface area (Å²) in [6.07, 6.45) is 6.69. The van der Waals surface area contributed by atoms with E-state index in [1.807, 2.05) is 25.3 Å². The molecule has 1 aromatic carbocycles. The van der Waals surface area contributed by atoms with Crippen molar-refractivity contribution in [1.82, 2.24) is 15.1 Å². The van der Waals surface area contributed by atoms with Crippen molar-refractivity contribution in [2.75, 3.05) is 43.9 Å². The Bertz CT molecular complexity index is 682. The number of aromatic nitrogens is 2. The molecule has 1 aromatic heterocycles. The van der Waals surface area contributed by atoms with E-state index < -0.39 is 0 Å². The van der Waals surface area contributed by atoms with Crippen LogP contribution >= 0.6 is 11.3 Å². The molecule has 0 amide bonds. The average molecular weight is 359 g/mol. The molecule has 134 valence electrons. The molecule has 0 atom stereocenters. The van der Waals surface area contributed by atoms with E-state index >= 15 is 0 Å². The van der Waals surface area contributed by atoms with Gasteiger partial charge in [-0.15, -0.1) is 10.2 Å². The van der Waals surface area contributed by atoms with Crippen molar-refractivity contribution in [3.8, 4) is 5.75 Å². The summed E-state index contributed by atoms with van der Waals surface area (Å²) in [6.45, 7) is 4.72. The average Bonchev–Trinajstić information content (AvgIpc) is 3.30. The fourth-order valence-corrected chi connectivity index (χ4v) is 3.37. The summed E-state index contributed by atoms with van der Waals surface area (Å²) in [7, 11) is 1.83. The molecule has 0 saturated carbocycles. The largest absolute Gasteiger partial charge is 0.490 e. The number of benzene rings is 1. The van der Waals surface area contributed by atoms with Crippen molar-refractivity contribution >= 4 is 21.6 Å². The van der Waals surface area contributed by atoms with Gasteiger partial charge in [0.15, 0.2) is 0 Å². The Labute approximate surface area is 152 Å². The maximum absolute atomic E-state index is 5.82. The summed E-state index contributed by atoms with van der Waals surface area (Å²) in [6, 6.07) is 8.40. The van der Waals surface area contributed by atoms with Crippen LogP contribution in [0.5, 0.6) is 5.75 Å². The second kappa shape index (κ2) is 9.39. The Kier molecular flexibility index (Phi) is 6.64. The van der Waals surface area contributed by atoms with Crippen LogP contribution in [-0.2, 0) is 6.54 Å². The summed E-state index contributed by atoms with van der Waals surface area (Å²) in [5.41, 5.74) is 1.32. The third-order valence-corrected chi connectivity index (χ3v) is 4.92. The lowest BCUT2D eigenvalue weighted by Gasteiger charge is -2.15. The topological polar surface area (TPSA) is 62.3 Å². The van der Waals surface area contributed by atoms with Crippen LogP contribution in [0, 0.1) is 0 Å². The number of nitrogens with zero attached hydrogens (tertiary/aromatic N) is 3. The lowest BCUT2D eigenvalue weighted by Crippen LogP contribution is -2.18. The highest BCUT2D eigenvalue weighted by Gasteiger charge is 2.11. The number of anilines is 2. The Balaban J connectivity index is 1.37. The van der Waals surface area contributed by atoms with E-state index in [1.165, 1.54) is 42.8 Å². The van der Waals surface area contributed by atoms with Crippen LogP contribution in [0.25, 0.3) is 0 Å². The van der Waals surface area contributed by atoms with Crippen LogP contribution in [0.4, 0.5) is 10.3 Å². The molecule has 0 spiro atoms. The minimum Gasteiger partial charge on any atom is -0.490 e.